The van der Waals surface area contributed by atoms with Crippen LogP contribution in [0.3, 0.4) is 0 Å². The Bertz CT molecular complexity index is 278. The van der Waals surface area contributed by atoms with Gasteiger partial charge in [-0.3, -0.25) is 0 Å². The third-order valence-electron chi connectivity index (χ3n) is 1.51. The van der Waals surface area contributed by atoms with Gasteiger partial charge in [-0.1, -0.05) is 13.3 Å². The highest BCUT2D eigenvalue weighted by atomic mass is 79.9. The maximum absolute atomic E-state index is 5.45. The van der Waals surface area contributed by atoms with Gasteiger partial charge in [0.25, 0.3) is 0 Å². The standard InChI is InChI=1S/C9H11Br2NO/c1-2-3-4-13-9-8(11)5-7(10)6-12-9/h5-6H,2-4H2,1H3. The van der Waals surface area contributed by atoms with E-state index in [2.05, 4.69) is 43.8 Å². The van der Waals surface area contributed by atoms with Crippen molar-refractivity contribution < 1.29 is 4.74 Å². The van der Waals surface area contributed by atoms with E-state index in [4.69, 9.17) is 4.74 Å². The number of ether oxygens (including phenoxy) is 1. The molecule has 0 fully saturated rings. The van der Waals surface area contributed by atoms with Crippen molar-refractivity contribution in [3.63, 3.8) is 0 Å². The summed E-state index contributed by atoms with van der Waals surface area (Å²) in [5.74, 6) is 0.664. The molecule has 0 unspecified atom stereocenters. The molecule has 0 spiro atoms. The smallest absolute Gasteiger partial charge is 0.228 e. The molecule has 0 atom stereocenters. The molecule has 1 heterocycles. The van der Waals surface area contributed by atoms with Crippen LogP contribution in [0.1, 0.15) is 19.8 Å². The Hall–Kier alpha value is -0.0900. The summed E-state index contributed by atoms with van der Waals surface area (Å²) in [6.45, 7) is 2.86. The second-order valence-electron chi connectivity index (χ2n) is 2.64. The van der Waals surface area contributed by atoms with E-state index in [9.17, 15) is 0 Å². The van der Waals surface area contributed by atoms with Crippen molar-refractivity contribution in [2.24, 2.45) is 0 Å². The largest absolute Gasteiger partial charge is 0.477 e. The lowest BCUT2D eigenvalue weighted by Crippen LogP contribution is -1.98. The molecule has 0 saturated carbocycles. The van der Waals surface area contributed by atoms with Gasteiger partial charge in [0, 0.05) is 10.7 Å². The number of nitrogens with zero attached hydrogens (tertiary/aromatic N) is 1. The average Bonchev–Trinajstić information content (AvgIpc) is 2.09. The van der Waals surface area contributed by atoms with Gasteiger partial charge in [-0.25, -0.2) is 4.98 Å². The zero-order valence-electron chi connectivity index (χ0n) is 7.39. The minimum atomic E-state index is 0.664. The van der Waals surface area contributed by atoms with Crippen molar-refractivity contribution in [1.82, 2.24) is 4.98 Å². The summed E-state index contributed by atoms with van der Waals surface area (Å²) in [5, 5.41) is 0. The molecular formula is C9H11Br2NO. The van der Waals surface area contributed by atoms with E-state index in [-0.39, 0.29) is 0 Å². The third kappa shape index (κ3) is 3.65. The van der Waals surface area contributed by atoms with Crippen molar-refractivity contribution in [2.75, 3.05) is 6.61 Å². The Morgan fingerprint density at radius 3 is 2.85 bits per heavy atom. The number of halogens is 2. The maximum atomic E-state index is 5.45. The molecule has 0 radical (unpaired) electrons. The van der Waals surface area contributed by atoms with Crippen molar-refractivity contribution in [2.45, 2.75) is 19.8 Å². The van der Waals surface area contributed by atoms with Gasteiger partial charge in [0.05, 0.1) is 11.1 Å². The summed E-state index contributed by atoms with van der Waals surface area (Å²) in [6.07, 6.45) is 3.92. The van der Waals surface area contributed by atoms with Crippen molar-refractivity contribution in [3.05, 3.63) is 21.2 Å². The van der Waals surface area contributed by atoms with Gasteiger partial charge >= 0.3 is 0 Å². The number of rotatable bonds is 4. The minimum absolute atomic E-state index is 0.664. The molecule has 0 saturated heterocycles. The van der Waals surface area contributed by atoms with Crippen LogP contribution < -0.4 is 4.74 Å². The zero-order chi connectivity index (χ0) is 9.68. The normalized spacial score (nSPS) is 10.1. The van der Waals surface area contributed by atoms with Crippen LogP contribution in [0.4, 0.5) is 0 Å². The molecule has 4 heteroatoms. The van der Waals surface area contributed by atoms with Gasteiger partial charge < -0.3 is 4.74 Å². The van der Waals surface area contributed by atoms with E-state index in [1.54, 1.807) is 6.20 Å². The average molecular weight is 309 g/mol. The highest BCUT2D eigenvalue weighted by Crippen LogP contribution is 2.25. The molecule has 1 rings (SSSR count). The number of hydrogen-bond acceptors (Lipinski definition) is 2. The van der Waals surface area contributed by atoms with Crippen LogP contribution >= 0.6 is 31.9 Å². The van der Waals surface area contributed by atoms with Crippen molar-refractivity contribution in [3.8, 4) is 5.88 Å². The van der Waals surface area contributed by atoms with Crippen LogP contribution in [0, 0.1) is 0 Å². The molecule has 0 aliphatic heterocycles. The van der Waals surface area contributed by atoms with Crippen molar-refractivity contribution in [1.29, 1.82) is 0 Å². The summed E-state index contributed by atoms with van der Waals surface area (Å²) in [7, 11) is 0. The summed E-state index contributed by atoms with van der Waals surface area (Å²) < 4.78 is 7.29. The molecule has 72 valence electrons. The predicted molar refractivity (Wildman–Crippen MR) is 60.0 cm³/mol. The summed E-state index contributed by atoms with van der Waals surface area (Å²) in [4.78, 5) is 4.13. The Morgan fingerprint density at radius 2 is 2.23 bits per heavy atom. The van der Waals surface area contributed by atoms with E-state index in [1.165, 1.54) is 0 Å². The lowest BCUT2D eigenvalue weighted by atomic mass is 10.4. The lowest BCUT2D eigenvalue weighted by molar-refractivity contribution is 0.295. The van der Waals surface area contributed by atoms with Gasteiger partial charge in [0.2, 0.25) is 5.88 Å². The van der Waals surface area contributed by atoms with Crippen LogP contribution in [0.15, 0.2) is 21.2 Å². The fraction of sp³-hybridized carbons (Fsp3) is 0.444. The molecule has 2 nitrogen and oxygen atoms in total. The number of unbranched alkanes of at least 4 members (excludes halogenated alkanes) is 1. The minimum Gasteiger partial charge on any atom is -0.477 e. The first-order chi connectivity index (χ1) is 6.24. The summed E-state index contributed by atoms with van der Waals surface area (Å²) >= 11 is 6.71. The molecule has 0 bridgehead atoms. The topological polar surface area (TPSA) is 22.1 Å². The highest BCUT2D eigenvalue weighted by Gasteiger charge is 2.02. The fourth-order valence-corrected chi connectivity index (χ4v) is 1.92. The Labute approximate surface area is 95.0 Å². The lowest BCUT2D eigenvalue weighted by Gasteiger charge is -2.05. The first-order valence-corrected chi connectivity index (χ1v) is 5.76. The van der Waals surface area contributed by atoms with E-state index in [1.807, 2.05) is 6.07 Å². The predicted octanol–water partition coefficient (Wildman–Crippen LogP) is 3.79. The quantitative estimate of drug-likeness (QED) is 0.790. The van der Waals surface area contributed by atoms with Gasteiger partial charge in [-0.05, 0) is 44.3 Å². The molecule has 1 aromatic rings. The number of hydrogen-bond donors (Lipinski definition) is 0. The molecule has 13 heavy (non-hydrogen) atoms. The van der Waals surface area contributed by atoms with E-state index in [0.717, 1.165) is 28.4 Å². The molecule has 0 aliphatic carbocycles. The number of pyridine rings is 1. The Kier molecular flexibility index (Phi) is 4.73. The summed E-state index contributed by atoms with van der Waals surface area (Å²) in [5.41, 5.74) is 0. The van der Waals surface area contributed by atoms with Crippen LogP contribution in [0.2, 0.25) is 0 Å². The monoisotopic (exact) mass is 307 g/mol. The van der Waals surface area contributed by atoms with Crippen LogP contribution in [0.5, 0.6) is 5.88 Å². The number of aromatic nitrogens is 1. The second kappa shape index (κ2) is 5.60. The summed E-state index contributed by atoms with van der Waals surface area (Å²) in [6, 6.07) is 1.92. The molecular weight excluding hydrogens is 298 g/mol. The van der Waals surface area contributed by atoms with Crippen LogP contribution in [0.25, 0.3) is 0 Å². The highest BCUT2D eigenvalue weighted by molar-refractivity contribution is 9.11. The second-order valence-corrected chi connectivity index (χ2v) is 4.41. The van der Waals surface area contributed by atoms with Gasteiger partial charge in [0.1, 0.15) is 0 Å². The van der Waals surface area contributed by atoms with Crippen LogP contribution in [-0.4, -0.2) is 11.6 Å². The molecule has 0 amide bonds. The van der Waals surface area contributed by atoms with E-state index < -0.39 is 0 Å². The first kappa shape index (κ1) is 11.0. The van der Waals surface area contributed by atoms with E-state index >= 15 is 0 Å². The van der Waals surface area contributed by atoms with E-state index in [0.29, 0.717) is 5.88 Å². The Balaban J connectivity index is 2.56. The van der Waals surface area contributed by atoms with Gasteiger partial charge in [0.15, 0.2) is 0 Å². The zero-order valence-corrected chi connectivity index (χ0v) is 10.6. The molecule has 0 aromatic carbocycles. The first-order valence-electron chi connectivity index (χ1n) is 4.18. The van der Waals surface area contributed by atoms with Gasteiger partial charge in [-0.15, -0.1) is 0 Å². The molecule has 1 aromatic heterocycles. The SMILES string of the molecule is CCCCOc1ncc(Br)cc1Br. The maximum Gasteiger partial charge on any atom is 0.228 e. The molecule has 0 N–H and O–H groups in total. The van der Waals surface area contributed by atoms with Gasteiger partial charge in [-0.2, -0.15) is 0 Å². The fourth-order valence-electron chi connectivity index (χ4n) is 0.821. The van der Waals surface area contributed by atoms with Crippen molar-refractivity contribution >= 4 is 31.9 Å². The third-order valence-corrected chi connectivity index (χ3v) is 2.51. The molecule has 0 aliphatic rings. The Morgan fingerprint density at radius 1 is 1.46 bits per heavy atom. The van der Waals surface area contributed by atoms with Crippen LogP contribution in [-0.2, 0) is 0 Å².